The van der Waals surface area contributed by atoms with E-state index in [1.165, 1.54) is 0 Å². The maximum atomic E-state index is 12.7. The van der Waals surface area contributed by atoms with Crippen LogP contribution in [0.4, 0.5) is 0 Å². The molecule has 4 heterocycles. The third-order valence-electron chi connectivity index (χ3n) is 5.16. The Labute approximate surface area is 153 Å². The molecule has 138 valence electrons. The molecule has 2 aromatic rings. The predicted octanol–water partition coefficient (Wildman–Crippen LogP) is 1.26. The van der Waals surface area contributed by atoms with Gasteiger partial charge in [-0.25, -0.2) is 4.98 Å². The molecule has 7 heteroatoms. The Morgan fingerprint density at radius 1 is 1.23 bits per heavy atom. The van der Waals surface area contributed by atoms with Crippen LogP contribution < -0.4 is 0 Å². The minimum absolute atomic E-state index is 0.186. The molecule has 1 saturated heterocycles. The van der Waals surface area contributed by atoms with Gasteiger partial charge in [0.05, 0.1) is 18.7 Å². The van der Waals surface area contributed by atoms with Crippen molar-refractivity contribution in [3.05, 3.63) is 36.0 Å². The smallest absolute Gasteiger partial charge is 0.237 e. The standard InChI is InChI=1S/C19H25N5O2/c1-22-7-3-8-23(11-10-22)14-18(25)24-9-5-17-16(13-24)21-19(26-17)15-4-2-6-20-12-15/h2,4,6,12H,3,5,7-11,13-14H2,1H3. The zero-order valence-corrected chi connectivity index (χ0v) is 15.2. The number of amides is 1. The zero-order chi connectivity index (χ0) is 17.9. The lowest BCUT2D eigenvalue weighted by molar-refractivity contribution is -0.133. The Hall–Kier alpha value is -2.25. The van der Waals surface area contributed by atoms with E-state index >= 15 is 0 Å². The highest BCUT2D eigenvalue weighted by atomic mass is 16.4. The Morgan fingerprint density at radius 2 is 2.15 bits per heavy atom. The van der Waals surface area contributed by atoms with Gasteiger partial charge in [-0.3, -0.25) is 14.7 Å². The van der Waals surface area contributed by atoms with Crippen molar-refractivity contribution in [2.45, 2.75) is 19.4 Å². The second-order valence-corrected chi connectivity index (χ2v) is 7.13. The monoisotopic (exact) mass is 355 g/mol. The van der Waals surface area contributed by atoms with Crippen molar-refractivity contribution < 1.29 is 9.21 Å². The van der Waals surface area contributed by atoms with Crippen molar-refractivity contribution in [1.29, 1.82) is 0 Å². The minimum Gasteiger partial charge on any atom is -0.441 e. The molecule has 0 aromatic carbocycles. The van der Waals surface area contributed by atoms with E-state index < -0.39 is 0 Å². The average molecular weight is 355 g/mol. The summed E-state index contributed by atoms with van der Waals surface area (Å²) in [4.78, 5) is 28.0. The zero-order valence-electron chi connectivity index (χ0n) is 15.2. The molecule has 0 N–H and O–H groups in total. The Bertz CT molecular complexity index is 761. The normalized spacial score (nSPS) is 19.2. The van der Waals surface area contributed by atoms with Crippen LogP contribution in [0.15, 0.2) is 28.9 Å². The lowest BCUT2D eigenvalue weighted by Crippen LogP contribution is -2.43. The number of hydrogen-bond donors (Lipinski definition) is 0. The fourth-order valence-electron chi connectivity index (χ4n) is 3.57. The third-order valence-corrected chi connectivity index (χ3v) is 5.16. The minimum atomic E-state index is 0.186. The highest BCUT2D eigenvalue weighted by molar-refractivity contribution is 5.78. The number of likely N-dealkylation sites (N-methyl/N-ethyl adjacent to an activating group) is 1. The molecule has 2 aliphatic rings. The van der Waals surface area contributed by atoms with Gasteiger partial charge >= 0.3 is 0 Å². The van der Waals surface area contributed by atoms with Crippen molar-refractivity contribution in [3.8, 4) is 11.5 Å². The molecular weight excluding hydrogens is 330 g/mol. The van der Waals surface area contributed by atoms with Crippen LogP contribution in [0.25, 0.3) is 11.5 Å². The molecule has 7 nitrogen and oxygen atoms in total. The number of carbonyl (C=O) groups is 1. The van der Waals surface area contributed by atoms with Crippen LogP contribution in [0.1, 0.15) is 17.9 Å². The topological polar surface area (TPSA) is 65.7 Å². The molecular formula is C19H25N5O2. The van der Waals surface area contributed by atoms with E-state index in [1.807, 2.05) is 17.0 Å². The van der Waals surface area contributed by atoms with Crippen LogP contribution in [0.2, 0.25) is 0 Å². The number of rotatable bonds is 3. The third kappa shape index (κ3) is 3.78. The number of aromatic nitrogens is 2. The van der Waals surface area contributed by atoms with Gasteiger partial charge in [0.1, 0.15) is 11.5 Å². The molecule has 1 amide bonds. The van der Waals surface area contributed by atoms with Crippen LogP contribution in [0.5, 0.6) is 0 Å². The van der Waals surface area contributed by atoms with Gasteiger partial charge in [-0.2, -0.15) is 0 Å². The second kappa shape index (κ2) is 7.55. The predicted molar refractivity (Wildman–Crippen MR) is 97.4 cm³/mol. The van der Waals surface area contributed by atoms with Gasteiger partial charge in [0.2, 0.25) is 11.8 Å². The van der Waals surface area contributed by atoms with E-state index in [1.54, 1.807) is 12.4 Å². The van der Waals surface area contributed by atoms with Crippen molar-refractivity contribution in [2.24, 2.45) is 0 Å². The summed E-state index contributed by atoms with van der Waals surface area (Å²) in [6.07, 6.45) is 5.31. The fraction of sp³-hybridized carbons (Fsp3) is 0.526. The van der Waals surface area contributed by atoms with Crippen molar-refractivity contribution in [3.63, 3.8) is 0 Å². The summed E-state index contributed by atoms with van der Waals surface area (Å²) in [5.74, 6) is 1.67. The maximum Gasteiger partial charge on any atom is 0.237 e. The van der Waals surface area contributed by atoms with Gasteiger partial charge in [0.25, 0.3) is 0 Å². The van der Waals surface area contributed by atoms with E-state index in [0.29, 0.717) is 25.5 Å². The van der Waals surface area contributed by atoms with Gasteiger partial charge in [0, 0.05) is 38.4 Å². The number of hydrogen-bond acceptors (Lipinski definition) is 6. The van der Waals surface area contributed by atoms with E-state index in [9.17, 15) is 4.79 Å². The average Bonchev–Trinajstić information content (AvgIpc) is 2.99. The lowest BCUT2D eigenvalue weighted by Gasteiger charge is -2.28. The van der Waals surface area contributed by atoms with E-state index in [2.05, 4.69) is 26.8 Å². The van der Waals surface area contributed by atoms with Crippen LogP contribution in [0, 0.1) is 0 Å². The first-order valence-electron chi connectivity index (χ1n) is 9.27. The number of carbonyl (C=O) groups excluding carboxylic acids is 1. The number of pyridine rings is 1. The summed E-state index contributed by atoms with van der Waals surface area (Å²) >= 11 is 0. The highest BCUT2D eigenvalue weighted by Gasteiger charge is 2.27. The maximum absolute atomic E-state index is 12.7. The molecule has 0 bridgehead atoms. The lowest BCUT2D eigenvalue weighted by atomic mass is 10.1. The summed E-state index contributed by atoms with van der Waals surface area (Å²) in [5.41, 5.74) is 1.74. The number of nitrogens with zero attached hydrogens (tertiary/aromatic N) is 5. The number of fused-ring (bicyclic) bond motifs is 1. The molecule has 0 spiro atoms. The largest absolute Gasteiger partial charge is 0.441 e. The van der Waals surface area contributed by atoms with Gasteiger partial charge in [-0.15, -0.1) is 0 Å². The SMILES string of the molecule is CN1CCCN(CC(=O)N2CCc3oc(-c4cccnc4)nc3C2)CC1. The van der Waals surface area contributed by atoms with E-state index in [4.69, 9.17) is 4.42 Å². The van der Waals surface area contributed by atoms with Crippen molar-refractivity contribution in [2.75, 3.05) is 46.3 Å². The summed E-state index contributed by atoms with van der Waals surface area (Å²) in [6, 6.07) is 3.80. The van der Waals surface area contributed by atoms with Gasteiger partial charge in [-0.1, -0.05) is 0 Å². The fourth-order valence-corrected chi connectivity index (χ4v) is 3.57. The van der Waals surface area contributed by atoms with Crippen LogP contribution in [-0.4, -0.2) is 76.9 Å². The first kappa shape index (κ1) is 17.2. The second-order valence-electron chi connectivity index (χ2n) is 7.13. The Balaban J connectivity index is 1.40. The van der Waals surface area contributed by atoms with Crippen molar-refractivity contribution in [1.82, 2.24) is 24.7 Å². The summed E-state index contributed by atoms with van der Waals surface area (Å²) < 4.78 is 5.89. The van der Waals surface area contributed by atoms with Gasteiger partial charge in [0.15, 0.2) is 0 Å². The summed E-state index contributed by atoms with van der Waals surface area (Å²) in [6.45, 7) is 5.80. The molecule has 26 heavy (non-hydrogen) atoms. The quantitative estimate of drug-likeness (QED) is 0.826. The summed E-state index contributed by atoms with van der Waals surface area (Å²) in [7, 11) is 2.14. The molecule has 0 atom stereocenters. The van der Waals surface area contributed by atoms with E-state index in [0.717, 1.165) is 56.0 Å². The molecule has 0 unspecified atom stereocenters. The van der Waals surface area contributed by atoms with E-state index in [-0.39, 0.29) is 5.91 Å². The molecule has 0 radical (unpaired) electrons. The van der Waals surface area contributed by atoms with Gasteiger partial charge < -0.3 is 14.2 Å². The molecule has 2 aromatic heterocycles. The number of oxazole rings is 1. The highest BCUT2D eigenvalue weighted by Crippen LogP contribution is 2.25. The summed E-state index contributed by atoms with van der Waals surface area (Å²) in [5, 5.41) is 0. The first-order chi connectivity index (χ1) is 12.7. The Morgan fingerprint density at radius 3 is 3.00 bits per heavy atom. The van der Waals surface area contributed by atoms with Gasteiger partial charge in [-0.05, 0) is 38.7 Å². The molecule has 0 aliphatic carbocycles. The van der Waals surface area contributed by atoms with Crippen LogP contribution >= 0.6 is 0 Å². The molecule has 1 fully saturated rings. The molecule has 0 saturated carbocycles. The molecule has 2 aliphatic heterocycles. The first-order valence-corrected chi connectivity index (χ1v) is 9.27. The van der Waals surface area contributed by atoms with Crippen LogP contribution in [0.3, 0.4) is 0 Å². The van der Waals surface area contributed by atoms with Crippen LogP contribution in [-0.2, 0) is 17.8 Å². The Kier molecular flexibility index (Phi) is 4.99. The molecule has 4 rings (SSSR count). The van der Waals surface area contributed by atoms with Crippen molar-refractivity contribution >= 4 is 5.91 Å².